The number of ether oxygens (including phenoxy) is 1. The number of rotatable bonds is 8. The molecule has 0 fully saturated rings. The van der Waals surface area contributed by atoms with E-state index in [4.69, 9.17) is 9.15 Å². The summed E-state index contributed by atoms with van der Waals surface area (Å²) < 4.78 is 66.6. The quantitative estimate of drug-likeness (QED) is 0.183. The van der Waals surface area contributed by atoms with Crippen molar-refractivity contribution in [3.63, 3.8) is 0 Å². The van der Waals surface area contributed by atoms with Crippen LogP contribution in [0.1, 0.15) is 27.0 Å². The molecule has 0 saturated carbocycles. The van der Waals surface area contributed by atoms with Crippen molar-refractivity contribution in [2.75, 3.05) is 24.7 Å². The third-order valence-electron chi connectivity index (χ3n) is 7.50. The van der Waals surface area contributed by atoms with Crippen LogP contribution in [0.2, 0.25) is 0 Å². The number of hydrogen-bond donors (Lipinski definition) is 1. The van der Waals surface area contributed by atoms with Gasteiger partial charge in [0.25, 0.3) is 5.91 Å². The molecule has 5 aromatic rings. The average molecular weight is 617 g/mol. The number of carbonyl (C=O) groups excluding carboxylic acids is 1. The van der Waals surface area contributed by atoms with Gasteiger partial charge < -0.3 is 14.5 Å². The number of sulfonamides is 1. The molecule has 1 aromatic heterocycles. The monoisotopic (exact) mass is 616 g/mol. The Hall–Kier alpha value is -4.96. The van der Waals surface area contributed by atoms with E-state index in [0.29, 0.717) is 44.6 Å². The van der Waals surface area contributed by atoms with Gasteiger partial charge in [0.2, 0.25) is 10.0 Å². The van der Waals surface area contributed by atoms with E-state index in [0.717, 1.165) is 16.1 Å². The molecule has 0 aliphatic carbocycles. The minimum Gasteiger partial charge on any atom is -0.457 e. The normalized spacial score (nSPS) is 11.4. The Morgan fingerprint density at radius 1 is 0.977 bits per heavy atom. The minimum atomic E-state index is -3.73. The highest BCUT2D eigenvalue weighted by Gasteiger charge is 2.26. The fraction of sp³-hybridized carbons (Fsp3) is 0.147. The Morgan fingerprint density at radius 2 is 1.66 bits per heavy atom. The van der Waals surface area contributed by atoms with Crippen LogP contribution in [0.4, 0.5) is 14.5 Å². The topological polar surface area (TPSA) is 88.8 Å². The molecule has 1 amide bonds. The number of furan rings is 1. The first kappa shape index (κ1) is 30.5. The maximum absolute atomic E-state index is 14.2. The molecule has 0 aliphatic rings. The van der Waals surface area contributed by atoms with Gasteiger partial charge >= 0.3 is 0 Å². The SMILES string of the molecule is C=C(Oc1cccc(F)c1C)c1cc(-c2cc3c(C(=O)NC)c(-c4ccc(F)cc4)oc3cc2N(C)S(C)(=O)=O)ccc1C. The minimum absolute atomic E-state index is 0.210. The number of amides is 1. The van der Waals surface area contributed by atoms with Crippen LogP contribution in [0.15, 0.2) is 83.8 Å². The molecule has 0 atom stereocenters. The third-order valence-corrected chi connectivity index (χ3v) is 8.70. The Balaban J connectivity index is 1.73. The number of benzene rings is 4. The van der Waals surface area contributed by atoms with Gasteiger partial charge in [-0.15, -0.1) is 0 Å². The molecule has 0 radical (unpaired) electrons. The summed E-state index contributed by atoms with van der Waals surface area (Å²) in [5, 5.41) is 3.06. The van der Waals surface area contributed by atoms with Crippen LogP contribution in [-0.4, -0.2) is 34.7 Å². The van der Waals surface area contributed by atoms with Crippen molar-refractivity contribution in [1.82, 2.24) is 5.32 Å². The van der Waals surface area contributed by atoms with Gasteiger partial charge in [0.1, 0.15) is 34.5 Å². The van der Waals surface area contributed by atoms with Gasteiger partial charge in [0.05, 0.1) is 17.5 Å². The first-order valence-corrected chi connectivity index (χ1v) is 15.4. The van der Waals surface area contributed by atoms with E-state index < -0.39 is 27.6 Å². The van der Waals surface area contributed by atoms with E-state index in [2.05, 4.69) is 11.9 Å². The zero-order chi connectivity index (χ0) is 31.9. The van der Waals surface area contributed by atoms with Crippen LogP contribution in [0.5, 0.6) is 5.75 Å². The average Bonchev–Trinajstić information content (AvgIpc) is 3.36. The lowest BCUT2D eigenvalue weighted by Gasteiger charge is -2.21. The van der Waals surface area contributed by atoms with Gasteiger partial charge in [-0.1, -0.05) is 24.8 Å². The molecule has 0 saturated heterocycles. The molecule has 0 bridgehead atoms. The maximum Gasteiger partial charge on any atom is 0.255 e. The Labute approximate surface area is 254 Å². The predicted octanol–water partition coefficient (Wildman–Crippen LogP) is 7.47. The molecule has 7 nitrogen and oxygen atoms in total. The van der Waals surface area contributed by atoms with Gasteiger partial charge in [-0.3, -0.25) is 9.10 Å². The maximum atomic E-state index is 14.2. The van der Waals surface area contributed by atoms with E-state index in [1.807, 2.05) is 19.1 Å². The number of nitrogens with one attached hydrogen (secondary N) is 1. The van der Waals surface area contributed by atoms with Crippen molar-refractivity contribution in [2.45, 2.75) is 13.8 Å². The number of aryl methyl sites for hydroxylation is 1. The molecule has 10 heteroatoms. The van der Waals surface area contributed by atoms with Crippen LogP contribution >= 0.6 is 0 Å². The highest BCUT2D eigenvalue weighted by molar-refractivity contribution is 7.92. The molecule has 1 heterocycles. The number of halogens is 2. The Kier molecular flexibility index (Phi) is 8.05. The highest BCUT2D eigenvalue weighted by Crippen LogP contribution is 2.42. The fourth-order valence-corrected chi connectivity index (χ4v) is 5.44. The molecule has 226 valence electrons. The summed E-state index contributed by atoms with van der Waals surface area (Å²) in [5.41, 5.74) is 4.10. The second-order valence-corrected chi connectivity index (χ2v) is 12.4. The van der Waals surface area contributed by atoms with Crippen molar-refractivity contribution < 1.29 is 31.1 Å². The van der Waals surface area contributed by atoms with Gasteiger partial charge in [0, 0.05) is 47.8 Å². The molecule has 4 aromatic carbocycles. The molecule has 0 spiro atoms. The molecule has 44 heavy (non-hydrogen) atoms. The summed E-state index contributed by atoms with van der Waals surface area (Å²) in [6, 6.07) is 18.8. The second kappa shape index (κ2) is 11.6. The fourth-order valence-electron chi connectivity index (χ4n) is 4.93. The largest absolute Gasteiger partial charge is 0.457 e. The summed E-state index contributed by atoms with van der Waals surface area (Å²) >= 11 is 0. The molecular weight excluding hydrogens is 586 g/mol. The van der Waals surface area contributed by atoms with Gasteiger partial charge in [-0.25, -0.2) is 17.2 Å². The Bertz CT molecular complexity index is 2050. The van der Waals surface area contributed by atoms with Crippen molar-refractivity contribution in [3.05, 3.63) is 113 Å². The highest BCUT2D eigenvalue weighted by atomic mass is 32.2. The molecule has 0 unspecified atom stereocenters. The molecule has 5 rings (SSSR count). The molecule has 1 N–H and O–H groups in total. The van der Waals surface area contributed by atoms with Crippen molar-refractivity contribution >= 4 is 38.3 Å². The molecular formula is C34H30F2N2O5S. The van der Waals surface area contributed by atoms with E-state index >= 15 is 0 Å². The number of nitrogens with zero attached hydrogens (tertiary/aromatic N) is 1. The molecule has 0 aliphatic heterocycles. The van der Waals surface area contributed by atoms with E-state index in [9.17, 15) is 22.0 Å². The predicted molar refractivity (Wildman–Crippen MR) is 169 cm³/mol. The first-order valence-electron chi connectivity index (χ1n) is 13.6. The van der Waals surface area contributed by atoms with Crippen LogP contribution in [0.3, 0.4) is 0 Å². The van der Waals surface area contributed by atoms with Crippen LogP contribution in [0.25, 0.3) is 39.2 Å². The van der Waals surface area contributed by atoms with Gasteiger partial charge in [-0.05, 0) is 73.5 Å². The first-order chi connectivity index (χ1) is 20.8. The van der Waals surface area contributed by atoms with Crippen molar-refractivity contribution in [2.24, 2.45) is 0 Å². The number of anilines is 1. The number of hydrogen-bond acceptors (Lipinski definition) is 5. The summed E-state index contributed by atoms with van der Waals surface area (Å²) in [5.74, 6) is -0.490. The number of fused-ring (bicyclic) bond motifs is 1. The summed E-state index contributed by atoms with van der Waals surface area (Å²) in [4.78, 5) is 13.2. The summed E-state index contributed by atoms with van der Waals surface area (Å²) in [7, 11) is -0.817. The van der Waals surface area contributed by atoms with Crippen molar-refractivity contribution in [1.29, 1.82) is 0 Å². The Morgan fingerprint density at radius 3 is 2.32 bits per heavy atom. The van der Waals surface area contributed by atoms with E-state index in [1.54, 1.807) is 37.3 Å². The van der Waals surface area contributed by atoms with E-state index in [1.165, 1.54) is 44.4 Å². The van der Waals surface area contributed by atoms with Crippen LogP contribution in [0, 0.1) is 25.5 Å². The lowest BCUT2D eigenvalue weighted by atomic mass is 9.95. The van der Waals surface area contributed by atoms with Crippen LogP contribution < -0.4 is 14.4 Å². The third kappa shape index (κ3) is 5.68. The zero-order valence-electron chi connectivity index (χ0n) is 24.8. The van der Waals surface area contributed by atoms with Crippen LogP contribution in [-0.2, 0) is 10.0 Å². The van der Waals surface area contributed by atoms with Gasteiger partial charge in [-0.2, -0.15) is 0 Å². The smallest absolute Gasteiger partial charge is 0.255 e. The number of carbonyl (C=O) groups is 1. The summed E-state index contributed by atoms with van der Waals surface area (Å²) in [6.45, 7) is 7.56. The second-order valence-electron chi connectivity index (χ2n) is 10.4. The summed E-state index contributed by atoms with van der Waals surface area (Å²) in [6.07, 6.45) is 1.08. The lowest BCUT2D eigenvalue weighted by molar-refractivity contribution is 0.0964. The van der Waals surface area contributed by atoms with E-state index in [-0.39, 0.29) is 22.7 Å². The van der Waals surface area contributed by atoms with Gasteiger partial charge in [0.15, 0.2) is 0 Å². The lowest BCUT2D eigenvalue weighted by Crippen LogP contribution is -2.25. The standard InChI is InChI=1S/C34H30F2N2O5S/c1-19-10-11-23(16-25(19)21(3)42-30-9-7-8-28(36)20(30)2)26-17-27-31(18-29(26)38(5)44(6,40)41)43-33(32(27)34(39)37-4)22-12-14-24(35)15-13-22/h7-18H,3H2,1-2,4-6H3,(H,37,39). The zero-order valence-corrected chi connectivity index (χ0v) is 25.6. The van der Waals surface area contributed by atoms with Crippen molar-refractivity contribution in [3.8, 4) is 28.2 Å².